The Labute approximate surface area is 208 Å². The molecule has 0 heteroatoms. The largest absolute Gasteiger partial charge is 0.0654 e. The van der Waals surface area contributed by atoms with Gasteiger partial charge < -0.3 is 0 Å². The number of allylic oxidation sites excluding steroid dienone is 1. The molecule has 1 aliphatic carbocycles. The standard InChI is InChI=1S/C35H32/c1-2-3-4-5-12-25-23-34-32(30-19-10-15-26-13-6-8-17-28(26)30)21-22-33(35(34)24-25)31-20-11-16-27-14-7-9-18-29(27)31/h6-11,13-23H,2-5,12,24H2,1H3. The van der Waals surface area contributed by atoms with Gasteiger partial charge in [-0.15, -0.1) is 0 Å². The summed E-state index contributed by atoms with van der Waals surface area (Å²) in [7, 11) is 0. The lowest BCUT2D eigenvalue weighted by Gasteiger charge is -2.16. The first-order valence-corrected chi connectivity index (χ1v) is 13.1. The van der Waals surface area contributed by atoms with Gasteiger partial charge >= 0.3 is 0 Å². The number of fused-ring (bicyclic) bond motifs is 3. The van der Waals surface area contributed by atoms with Crippen LogP contribution in [-0.4, -0.2) is 0 Å². The molecular formula is C35H32. The van der Waals surface area contributed by atoms with Crippen LogP contribution in [0.15, 0.2) is 103 Å². The van der Waals surface area contributed by atoms with Crippen LogP contribution in [0.3, 0.4) is 0 Å². The first-order valence-electron chi connectivity index (χ1n) is 13.1. The summed E-state index contributed by atoms with van der Waals surface area (Å²) in [5.74, 6) is 0. The monoisotopic (exact) mass is 452 g/mol. The molecular weight excluding hydrogens is 420 g/mol. The Bertz CT molecular complexity index is 1540. The summed E-state index contributed by atoms with van der Waals surface area (Å²) in [4.78, 5) is 0. The van der Waals surface area contributed by atoms with Crippen molar-refractivity contribution in [1.29, 1.82) is 0 Å². The zero-order valence-electron chi connectivity index (χ0n) is 20.6. The average molecular weight is 453 g/mol. The third-order valence-electron chi connectivity index (χ3n) is 7.62. The van der Waals surface area contributed by atoms with Crippen LogP contribution in [0, 0.1) is 0 Å². The molecule has 0 fully saturated rings. The van der Waals surface area contributed by atoms with Crippen LogP contribution in [0.1, 0.15) is 50.2 Å². The lowest BCUT2D eigenvalue weighted by Crippen LogP contribution is -1.95. The Morgan fingerprint density at radius 3 is 1.83 bits per heavy atom. The second-order valence-electron chi connectivity index (χ2n) is 9.90. The number of rotatable bonds is 7. The summed E-state index contributed by atoms with van der Waals surface area (Å²) in [5, 5.41) is 5.28. The first-order chi connectivity index (χ1) is 17.3. The van der Waals surface area contributed by atoms with Crippen molar-refractivity contribution in [1.82, 2.24) is 0 Å². The van der Waals surface area contributed by atoms with E-state index < -0.39 is 0 Å². The molecule has 0 aromatic heterocycles. The highest BCUT2D eigenvalue weighted by atomic mass is 14.3. The van der Waals surface area contributed by atoms with Crippen LogP contribution >= 0.6 is 0 Å². The molecule has 0 N–H and O–H groups in total. The molecule has 0 unspecified atom stereocenters. The van der Waals surface area contributed by atoms with E-state index in [2.05, 4.69) is 110 Å². The molecule has 1 aliphatic rings. The molecule has 35 heavy (non-hydrogen) atoms. The molecule has 0 heterocycles. The van der Waals surface area contributed by atoms with Crippen LogP contribution < -0.4 is 0 Å². The minimum absolute atomic E-state index is 1.07. The van der Waals surface area contributed by atoms with Crippen molar-refractivity contribution < 1.29 is 0 Å². The number of hydrogen-bond acceptors (Lipinski definition) is 0. The minimum atomic E-state index is 1.07. The van der Waals surface area contributed by atoms with Gasteiger partial charge in [-0.2, -0.15) is 0 Å². The Hall–Kier alpha value is -3.64. The molecule has 0 saturated carbocycles. The lowest BCUT2D eigenvalue weighted by atomic mass is 9.87. The second-order valence-corrected chi connectivity index (χ2v) is 9.90. The smallest absolute Gasteiger partial charge is 0.00514 e. The summed E-state index contributed by atoms with van der Waals surface area (Å²) in [5.41, 5.74) is 9.96. The molecule has 0 saturated heterocycles. The van der Waals surface area contributed by atoms with E-state index in [1.54, 1.807) is 5.57 Å². The lowest BCUT2D eigenvalue weighted by molar-refractivity contribution is 0.662. The Morgan fingerprint density at radius 2 is 1.14 bits per heavy atom. The molecule has 5 aromatic carbocycles. The van der Waals surface area contributed by atoms with Crippen LogP contribution in [0.2, 0.25) is 0 Å². The zero-order chi connectivity index (χ0) is 23.6. The highest BCUT2D eigenvalue weighted by Crippen LogP contribution is 2.44. The van der Waals surface area contributed by atoms with Crippen LogP contribution in [0.4, 0.5) is 0 Å². The first kappa shape index (κ1) is 21.9. The van der Waals surface area contributed by atoms with Crippen molar-refractivity contribution in [2.24, 2.45) is 0 Å². The van der Waals surface area contributed by atoms with Crippen LogP contribution in [0.25, 0.3) is 49.9 Å². The molecule has 0 atom stereocenters. The van der Waals surface area contributed by atoms with Gasteiger partial charge in [-0.1, -0.05) is 135 Å². The molecule has 5 aromatic rings. The zero-order valence-corrected chi connectivity index (χ0v) is 20.6. The average Bonchev–Trinajstić information content (AvgIpc) is 3.34. The molecule has 0 spiro atoms. The second kappa shape index (κ2) is 9.55. The van der Waals surface area contributed by atoms with Gasteiger partial charge in [0.25, 0.3) is 0 Å². The molecule has 0 amide bonds. The molecule has 6 rings (SSSR count). The fraction of sp³-hybridized carbons (Fsp3) is 0.200. The Balaban J connectivity index is 1.51. The van der Waals surface area contributed by atoms with Crippen molar-refractivity contribution in [2.45, 2.75) is 45.4 Å². The van der Waals surface area contributed by atoms with E-state index in [0.29, 0.717) is 0 Å². The van der Waals surface area contributed by atoms with Gasteiger partial charge in [0.2, 0.25) is 0 Å². The van der Waals surface area contributed by atoms with Gasteiger partial charge in [-0.3, -0.25) is 0 Å². The van der Waals surface area contributed by atoms with Crippen molar-refractivity contribution in [3.05, 3.63) is 114 Å². The van der Waals surface area contributed by atoms with E-state index >= 15 is 0 Å². The summed E-state index contributed by atoms with van der Waals surface area (Å²) < 4.78 is 0. The molecule has 0 aliphatic heterocycles. The van der Waals surface area contributed by atoms with E-state index in [1.165, 1.54) is 87.0 Å². The number of unbranched alkanes of at least 4 members (excludes halogenated alkanes) is 3. The van der Waals surface area contributed by atoms with E-state index in [-0.39, 0.29) is 0 Å². The highest BCUT2D eigenvalue weighted by molar-refractivity contribution is 6.02. The van der Waals surface area contributed by atoms with E-state index in [1.807, 2.05) is 0 Å². The van der Waals surface area contributed by atoms with Gasteiger partial charge in [-0.05, 0) is 74.2 Å². The van der Waals surface area contributed by atoms with Crippen LogP contribution in [-0.2, 0) is 6.42 Å². The maximum absolute atomic E-state index is 2.52. The topological polar surface area (TPSA) is 0 Å². The third kappa shape index (κ3) is 4.08. The van der Waals surface area contributed by atoms with Crippen LogP contribution in [0.5, 0.6) is 0 Å². The fourth-order valence-corrected chi connectivity index (χ4v) is 5.85. The van der Waals surface area contributed by atoms with Gasteiger partial charge in [0.1, 0.15) is 0 Å². The fourth-order valence-electron chi connectivity index (χ4n) is 5.85. The minimum Gasteiger partial charge on any atom is -0.0654 e. The SMILES string of the molecule is CCCCCCC1=Cc2c(-c3cccc4ccccc34)ccc(-c3cccc4ccccc34)c2C1. The van der Waals surface area contributed by atoms with Crippen molar-refractivity contribution in [3.63, 3.8) is 0 Å². The van der Waals surface area contributed by atoms with Gasteiger partial charge in [0, 0.05) is 0 Å². The number of benzene rings is 5. The summed E-state index contributed by atoms with van der Waals surface area (Å²) in [6, 6.07) is 35.8. The molecule has 172 valence electrons. The van der Waals surface area contributed by atoms with Gasteiger partial charge in [-0.25, -0.2) is 0 Å². The summed E-state index contributed by atoms with van der Waals surface area (Å²) in [6.45, 7) is 2.29. The van der Waals surface area contributed by atoms with E-state index in [9.17, 15) is 0 Å². The molecule has 0 radical (unpaired) electrons. The Morgan fingerprint density at radius 1 is 0.543 bits per heavy atom. The van der Waals surface area contributed by atoms with Crippen molar-refractivity contribution in [2.75, 3.05) is 0 Å². The normalized spacial score (nSPS) is 12.8. The van der Waals surface area contributed by atoms with Crippen molar-refractivity contribution >= 4 is 27.6 Å². The van der Waals surface area contributed by atoms with E-state index in [4.69, 9.17) is 0 Å². The quantitative estimate of drug-likeness (QED) is 0.215. The maximum atomic E-state index is 2.52. The van der Waals surface area contributed by atoms with Gasteiger partial charge in [0.05, 0.1) is 0 Å². The maximum Gasteiger partial charge on any atom is -0.00514 e. The van der Waals surface area contributed by atoms with Crippen molar-refractivity contribution in [3.8, 4) is 22.3 Å². The highest BCUT2D eigenvalue weighted by Gasteiger charge is 2.22. The molecule has 0 nitrogen and oxygen atoms in total. The third-order valence-corrected chi connectivity index (χ3v) is 7.62. The van der Waals surface area contributed by atoms with E-state index in [0.717, 1.165) is 6.42 Å². The Kier molecular flexibility index (Phi) is 5.96. The summed E-state index contributed by atoms with van der Waals surface area (Å²) in [6.07, 6.45) is 10.0. The predicted octanol–water partition coefficient (Wildman–Crippen LogP) is 10.2. The van der Waals surface area contributed by atoms with Gasteiger partial charge in [0.15, 0.2) is 0 Å². The predicted molar refractivity (Wildman–Crippen MR) is 153 cm³/mol. The summed E-state index contributed by atoms with van der Waals surface area (Å²) >= 11 is 0. The number of hydrogen-bond donors (Lipinski definition) is 0. The molecule has 0 bridgehead atoms.